The van der Waals surface area contributed by atoms with Gasteiger partial charge in [-0.15, -0.1) is 5.10 Å². The highest BCUT2D eigenvalue weighted by atomic mass is 127. The van der Waals surface area contributed by atoms with Crippen molar-refractivity contribution in [3.05, 3.63) is 34.7 Å². The number of rotatable bonds is 5. The molecule has 5 nitrogen and oxygen atoms in total. The van der Waals surface area contributed by atoms with Gasteiger partial charge < -0.3 is 4.74 Å². The third kappa shape index (κ3) is 3.47. The van der Waals surface area contributed by atoms with Gasteiger partial charge in [0.2, 0.25) is 0 Å². The molecule has 0 fully saturated rings. The minimum absolute atomic E-state index is 0.145. The molecule has 0 saturated heterocycles. The molecular formula is C15H16IN3O2. The first kappa shape index (κ1) is 15.6. The molecule has 0 unspecified atom stereocenters. The second kappa shape index (κ2) is 7.31. The fraction of sp³-hybridized carbons (Fsp3) is 0.333. The molecule has 2 rings (SSSR count). The van der Waals surface area contributed by atoms with Crippen LogP contribution in [-0.2, 0) is 13.1 Å². The highest BCUT2D eigenvalue weighted by Gasteiger charge is 2.13. The minimum Gasteiger partial charge on any atom is -0.494 e. The summed E-state index contributed by atoms with van der Waals surface area (Å²) in [6.07, 6.45) is 0. The van der Waals surface area contributed by atoms with Crippen LogP contribution in [-0.4, -0.2) is 21.0 Å². The average Bonchev–Trinajstić information content (AvgIpc) is 2.82. The highest BCUT2D eigenvalue weighted by molar-refractivity contribution is 14.1. The number of hydrogen-bond acceptors (Lipinski definition) is 3. The number of ether oxygens (including phenoxy) is 1. The fourth-order valence-corrected chi connectivity index (χ4v) is 2.21. The molecule has 2 aromatic rings. The monoisotopic (exact) mass is 397 g/mol. The quantitative estimate of drug-likeness (QED) is 0.576. The second-order valence-corrected chi connectivity index (χ2v) is 4.78. The predicted molar refractivity (Wildman–Crippen MR) is 90.6 cm³/mol. The van der Waals surface area contributed by atoms with Gasteiger partial charge in [0.05, 0.1) is 6.61 Å². The maximum Gasteiger partial charge on any atom is 0.347 e. The molecule has 1 aromatic carbocycles. The van der Waals surface area contributed by atoms with Crippen LogP contribution < -0.4 is 10.4 Å². The van der Waals surface area contributed by atoms with Gasteiger partial charge in [-0.2, -0.15) is 0 Å². The van der Waals surface area contributed by atoms with Crippen LogP contribution in [0.1, 0.15) is 13.8 Å². The maximum atomic E-state index is 12.3. The summed E-state index contributed by atoms with van der Waals surface area (Å²) in [5.41, 5.74) is 0.717. The molecule has 110 valence electrons. The molecule has 0 atom stereocenters. The number of hydrogen-bond donors (Lipinski definition) is 0. The highest BCUT2D eigenvalue weighted by Crippen LogP contribution is 2.21. The Morgan fingerprint density at radius 2 is 2.19 bits per heavy atom. The van der Waals surface area contributed by atoms with Gasteiger partial charge in [-0.05, 0) is 29.9 Å². The predicted octanol–water partition coefficient (Wildman–Crippen LogP) is 2.53. The second-order valence-electron chi connectivity index (χ2n) is 4.24. The largest absolute Gasteiger partial charge is 0.494 e. The lowest BCUT2D eigenvalue weighted by Gasteiger charge is -2.06. The van der Waals surface area contributed by atoms with E-state index in [1.165, 1.54) is 4.68 Å². The van der Waals surface area contributed by atoms with Gasteiger partial charge in [0.25, 0.3) is 0 Å². The summed E-state index contributed by atoms with van der Waals surface area (Å²) >= 11 is 1.95. The Bertz CT molecular complexity index is 737. The van der Waals surface area contributed by atoms with Crippen molar-refractivity contribution < 1.29 is 4.74 Å². The molecule has 1 aromatic heterocycles. The number of nitrogens with zero attached hydrogens (tertiary/aromatic N) is 3. The Hall–Kier alpha value is -1.75. The first-order valence-corrected chi connectivity index (χ1v) is 7.78. The smallest absolute Gasteiger partial charge is 0.347 e. The zero-order valence-electron chi connectivity index (χ0n) is 12.0. The lowest BCUT2D eigenvalue weighted by atomic mass is 10.2. The summed E-state index contributed by atoms with van der Waals surface area (Å²) in [4.78, 5) is 12.3. The van der Waals surface area contributed by atoms with E-state index >= 15 is 0 Å². The zero-order valence-corrected chi connectivity index (χ0v) is 14.1. The van der Waals surface area contributed by atoms with Gasteiger partial charge in [0, 0.05) is 34.7 Å². The first-order valence-electron chi connectivity index (χ1n) is 6.70. The van der Waals surface area contributed by atoms with Gasteiger partial charge >= 0.3 is 5.69 Å². The van der Waals surface area contributed by atoms with E-state index in [-0.39, 0.29) is 5.69 Å². The van der Waals surface area contributed by atoms with Gasteiger partial charge in [-0.25, -0.2) is 9.48 Å². The van der Waals surface area contributed by atoms with E-state index in [2.05, 4.69) is 14.9 Å². The third-order valence-electron chi connectivity index (χ3n) is 2.94. The van der Waals surface area contributed by atoms with Crippen LogP contribution in [0.2, 0.25) is 0 Å². The van der Waals surface area contributed by atoms with Crippen molar-refractivity contribution >= 4 is 22.6 Å². The van der Waals surface area contributed by atoms with Crippen LogP contribution in [0.5, 0.6) is 5.75 Å². The molecule has 21 heavy (non-hydrogen) atoms. The van der Waals surface area contributed by atoms with Crippen LogP contribution in [0.3, 0.4) is 0 Å². The lowest BCUT2D eigenvalue weighted by Crippen LogP contribution is -2.24. The van der Waals surface area contributed by atoms with Gasteiger partial charge in [0.15, 0.2) is 5.82 Å². The molecule has 0 aliphatic rings. The van der Waals surface area contributed by atoms with Crippen LogP contribution in [0.4, 0.5) is 0 Å². The van der Waals surface area contributed by atoms with Crippen molar-refractivity contribution in [2.24, 2.45) is 0 Å². The topological polar surface area (TPSA) is 49.1 Å². The Kier molecular flexibility index (Phi) is 5.44. The summed E-state index contributed by atoms with van der Waals surface area (Å²) in [5, 5.41) is 4.40. The molecule has 0 aliphatic heterocycles. The van der Waals surface area contributed by atoms with Crippen LogP contribution in [0, 0.1) is 9.85 Å². The molecule has 0 saturated carbocycles. The summed E-state index contributed by atoms with van der Waals surface area (Å²) < 4.78 is 11.3. The minimum atomic E-state index is -0.145. The van der Waals surface area contributed by atoms with Crippen molar-refractivity contribution in [2.75, 3.05) is 6.61 Å². The number of benzene rings is 1. The van der Waals surface area contributed by atoms with Gasteiger partial charge in [-0.1, -0.05) is 18.1 Å². The van der Waals surface area contributed by atoms with E-state index < -0.39 is 0 Å². The standard InChI is InChI=1S/C15H16IN3O2/c1-3-18-14(17-19(15(18)20)10-6-9-16)12-7-5-8-13(11-12)21-4-2/h5,7-8,11H,3-4,10H2,1-2H3. The number of halogens is 1. The van der Waals surface area contributed by atoms with Crippen LogP contribution in [0.25, 0.3) is 11.4 Å². The zero-order chi connectivity index (χ0) is 15.2. The normalized spacial score (nSPS) is 10.0. The Balaban J connectivity index is 2.49. The molecule has 0 aliphatic carbocycles. The molecule has 0 N–H and O–H groups in total. The number of aromatic nitrogens is 3. The molecule has 0 radical (unpaired) electrons. The van der Waals surface area contributed by atoms with Crippen molar-refractivity contribution in [3.63, 3.8) is 0 Å². The Morgan fingerprint density at radius 1 is 1.38 bits per heavy atom. The van der Waals surface area contributed by atoms with E-state index in [1.54, 1.807) is 4.57 Å². The summed E-state index contributed by atoms with van der Waals surface area (Å²) in [7, 11) is 0. The summed E-state index contributed by atoms with van der Waals surface area (Å²) in [5.74, 6) is 4.26. The fourth-order valence-electron chi connectivity index (χ4n) is 2.04. The van der Waals surface area contributed by atoms with E-state index in [0.29, 0.717) is 25.5 Å². The van der Waals surface area contributed by atoms with Crippen molar-refractivity contribution in [3.8, 4) is 27.0 Å². The molecule has 1 heterocycles. The van der Waals surface area contributed by atoms with E-state index in [0.717, 1.165) is 11.3 Å². The lowest BCUT2D eigenvalue weighted by molar-refractivity contribution is 0.340. The van der Waals surface area contributed by atoms with Gasteiger partial charge in [0.1, 0.15) is 12.3 Å². The Labute approximate surface area is 137 Å². The molecule has 0 spiro atoms. The van der Waals surface area contributed by atoms with Crippen molar-refractivity contribution in [2.45, 2.75) is 26.9 Å². The van der Waals surface area contributed by atoms with Crippen molar-refractivity contribution in [1.29, 1.82) is 0 Å². The molecule has 6 heteroatoms. The van der Waals surface area contributed by atoms with E-state index in [1.807, 2.05) is 60.7 Å². The van der Waals surface area contributed by atoms with Crippen molar-refractivity contribution in [1.82, 2.24) is 14.3 Å². The first-order chi connectivity index (χ1) is 10.2. The van der Waals surface area contributed by atoms with E-state index in [4.69, 9.17) is 4.74 Å². The van der Waals surface area contributed by atoms with Gasteiger partial charge in [-0.3, -0.25) is 4.57 Å². The van der Waals surface area contributed by atoms with Crippen LogP contribution >= 0.6 is 22.6 Å². The third-order valence-corrected chi connectivity index (χ3v) is 3.32. The molecule has 0 amide bonds. The summed E-state index contributed by atoms with van der Waals surface area (Å²) in [6.45, 7) is 5.32. The van der Waals surface area contributed by atoms with Crippen LogP contribution in [0.15, 0.2) is 29.1 Å². The van der Waals surface area contributed by atoms with E-state index in [9.17, 15) is 4.79 Å². The molecular weight excluding hydrogens is 381 g/mol. The summed E-state index contributed by atoms with van der Waals surface area (Å²) in [6, 6.07) is 7.60. The SMILES string of the molecule is CCOc1cccc(-c2nn(CC#CI)c(=O)n2CC)c1. The average molecular weight is 397 g/mol. The maximum absolute atomic E-state index is 12.3. The molecule has 0 bridgehead atoms. The Morgan fingerprint density at radius 3 is 2.86 bits per heavy atom.